The summed E-state index contributed by atoms with van der Waals surface area (Å²) in [6.07, 6.45) is 3.95. The first-order chi connectivity index (χ1) is 8.70. The third-order valence-corrected chi connectivity index (χ3v) is 2.81. The number of rotatable bonds is 4. The number of aryl methyl sites for hydroxylation is 1. The number of nitrogens with two attached hydrogens (primary N) is 1. The van der Waals surface area contributed by atoms with Crippen molar-refractivity contribution < 1.29 is 4.74 Å². The zero-order valence-electron chi connectivity index (χ0n) is 10.6. The molecule has 18 heavy (non-hydrogen) atoms. The first-order valence-corrected chi connectivity index (χ1v) is 5.86. The van der Waals surface area contributed by atoms with Crippen LogP contribution in [0.15, 0.2) is 36.7 Å². The van der Waals surface area contributed by atoms with Crippen molar-refractivity contribution in [3.63, 3.8) is 0 Å². The van der Waals surface area contributed by atoms with Crippen molar-refractivity contribution in [1.29, 1.82) is 0 Å². The zero-order chi connectivity index (χ0) is 13.0. The van der Waals surface area contributed by atoms with Crippen molar-refractivity contribution in [2.75, 3.05) is 7.11 Å². The molecule has 1 unspecified atom stereocenters. The number of methoxy groups -OCH3 is 1. The molecule has 0 saturated heterocycles. The molecule has 0 bridgehead atoms. The maximum absolute atomic E-state index is 6.16. The lowest BCUT2D eigenvalue weighted by molar-refractivity contribution is 0.384. The minimum absolute atomic E-state index is 0.212. The number of hydrogen-bond donors (Lipinski definition) is 1. The third kappa shape index (κ3) is 2.84. The second-order valence-electron chi connectivity index (χ2n) is 4.25. The summed E-state index contributed by atoms with van der Waals surface area (Å²) in [5, 5.41) is 0. The molecule has 1 heterocycles. The maximum Gasteiger partial charge on any atom is 0.236 e. The van der Waals surface area contributed by atoms with E-state index in [1.165, 1.54) is 11.1 Å². The van der Waals surface area contributed by atoms with Gasteiger partial charge in [-0.05, 0) is 18.9 Å². The summed E-state index contributed by atoms with van der Waals surface area (Å²) in [5.41, 5.74) is 9.28. The highest BCUT2D eigenvalue weighted by Gasteiger charge is 2.14. The fraction of sp³-hybridized carbons (Fsp3) is 0.286. The highest BCUT2D eigenvalue weighted by atomic mass is 16.5. The van der Waals surface area contributed by atoms with E-state index in [0.717, 1.165) is 6.42 Å². The lowest BCUT2D eigenvalue weighted by atomic mass is 10.0. The van der Waals surface area contributed by atoms with E-state index in [9.17, 15) is 0 Å². The minimum Gasteiger partial charge on any atom is -0.480 e. The van der Waals surface area contributed by atoms with Crippen molar-refractivity contribution in [3.05, 3.63) is 53.5 Å². The summed E-state index contributed by atoms with van der Waals surface area (Å²) in [5.74, 6) is 0.497. The molecule has 0 spiro atoms. The van der Waals surface area contributed by atoms with Crippen LogP contribution in [0, 0.1) is 6.92 Å². The molecule has 0 saturated carbocycles. The topological polar surface area (TPSA) is 61.0 Å². The van der Waals surface area contributed by atoms with Crippen LogP contribution in [-0.4, -0.2) is 17.1 Å². The van der Waals surface area contributed by atoms with Gasteiger partial charge in [-0.1, -0.05) is 29.8 Å². The van der Waals surface area contributed by atoms with Gasteiger partial charge in [-0.3, -0.25) is 4.98 Å². The lowest BCUT2D eigenvalue weighted by Gasteiger charge is -2.13. The van der Waals surface area contributed by atoms with E-state index in [0.29, 0.717) is 11.6 Å². The molecule has 0 amide bonds. The fourth-order valence-electron chi connectivity index (χ4n) is 1.82. The average molecular weight is 243 g/mol. The van der Waals surface area contributed by atoms with E-state index in [1.807, 2.05) is 0 Å². The summed E-state index contributed by atoms with van der Waals surface area (Å²) in [7, 11) is 1.58. The molecule has 0 aliphatic heterocycles. The van der Waals surface area contributed by atoms with Gasteiger partial charge in [-0.2, -0.15) is 0 Å². The van der Waals surface area contributed by atoms with Gasteiger partial charge >= 0.3 is 0 Å². The Morgan fingerprint density at radius 2 is 1.83 bits per heavy atom. The van der Waals surface area contributed by atoms with Gasteiger partial charge in [0.05, 0.1) is 13.2 Å². The van der Waals surface area contributed by atoms with Gasteiger partial charge < -0.3 is 10.5 Å². The Kier molecular flexibility index (Phi) is 3.89. The fourth-order valence-corrected chi connectivity index (χ4v) is 1.82. The summed E-state index contributed by atoms with van der Waals surface area (Å²) >= 11 is 0. The van der Waals surface area contributed by atoms with Crippen LogP contribution in [0.25, 0.3) is 0 Å². The van der Waals surface area contributed by atoms with Gasteiger partial charge in [0.15, 0.2) is 0 Å². The number of aromatic nitrogens is 2. The standard InChI is InChI=1S/C14H17N3O/c1-10-3-5-11(6-4-10)9-12(15)13-14(18-2)17-8-7-16-13/h3-8,12H,9,15H2,1-2H3. The van der Waals surface area contributed by atoms with E-state index in [4.69, 9.17) is 10.5 Å². The molecule has 1 aromatic carbocycles. The quantitative estimate of drug-likeness (QED) is 0.892. The highest BCUT2D eigenvalue weighted by Crippen LogP contribution is 2.21. The first kappa shape index (κ1) is 12.5. The third-order valence-electron chi connectivity index (χ3n) is 2.81. The highest BCUT2D eigenvalue weighted by molar-refractivity contribution is 5.26. The van der Waals surface area contributed by atoms with Crippen LogP contribution >= 0.6 is 0 Å². The lowest BCUT2D eigenvalue weighted by Crippen LogP contribution is -2.16. The van der Waals surface area contributed by atoms with Crippen LogP contribution in [0.3, 0.4) is 0 Å². The second kappa shape index (κ2) is 5.60. The molecule has 0 fully saturated rings. The van der Waals surface area contributed by atoms with Gasteiger partial charge in [-0.25, -0.2) is 4.98 Å². The molecule has 2 N–H and O–H groups in total. The predicted molar refractivity (Wildman–Crippen MR) is 70.4 cm³/mol. The molecule has 0 radical (unpaired) electrons. The smallest absolute Gasteiger partial charge is 0.236 e. The van der Waals surface area contributed by atoms with Crippen molar-refractivity contribution in [3.8, 4) is 5.88 Å². The zero-order valence-corrected chi connectivity index (χ0v) is 10.6. The van der Waals surface area contributed by atoms with Crippen molar-refractivity contribution in [2.45, 2.75) is 19.4 Å². The average Bonchev–Trinajstić information content (AvgIpc) is 2.41. The van der Waals surface area contributed by atoms with Crippen LogP contribution < -0.4 is 10.5 Å². The second-order valence-corrected chi connectivity index (χ2v) is 4.25. The van der Waals surface area contributed by atoms with Crippen LogP contribution in [-0.2, 0) is 6.42 Å². The summed E-state index contributed by atoms with van der Waals surface area (Å²) < 4.78 is 5.17. The number of benzene rings is 1. The van der Waals surface area contributed by atoms with Crippen molar-refractivity contribution in [2.24, 2.45) is 5.73 Å². The van der Waals surface area contributed by atoms with Gasteiger partial charge in [0.25, 0.3) is 0 Å². The first-order valence-electron chi connectivity index (χ1n) is 5.86. The van der Waals surface area contributed by atoms with E-state index >= 15 is 0 Å². The summed E-state index contributed by atoms with van der Waals surface area (Å²) in [6, 6.07) is 8.11. The maximum atomic E-state index is 6.16. The molecule has 1 atom stereocenters. The Labute approximate surface area is 107 Å². The van der Waals surface area contributed by atoms with E-state index in [-0.39, 0.29) is 6.04 Å². The van der Waals surface area contributed by atoms with Gasteiger partial charge in [0.2, 0.25) is 5.88 Å². The van der Waals surface area contributed by atoms with Crippen LogP contribution in [0.2, 0.25) is 0 Å². The summed E-state index contributed by atoms with van der Waals surface area (Å²) in [4.78, 5) is 8.36. The molecule has 2 rings (SSSR count). The molecule has 94 valence electrons. The van der Waals surface area contributed by atoms with Gasteiger partial charge in [0.1, 0.15) is 5.69 Å². The number of ether oxygens (including phenoxy) is 1. The molecule has 0 aliphatic carbocycles. The molecule has 2 aromatic rings. The Morgan fingerprint density at radius 1 is 1.17 bits per heavy atom. The van der Waals surface area contributed by atoms with Gasteiger partial charge in [0, 0.05) is 12.4 Å². The minimum atomic E-state index is -0.212. The van der Waals surface area contributed by atoms with E-state index < -0.39 is 0 Å². The van der Waals surface area contributed by atoms with E-state index in [1.54, 1.807) is 19.5 Å². The predicted octanol–water partition coefficient (Wildman–Crippen LogP) is 2.04. The Hall–Kier alpha value is -1.94. The largest absolute Gasteiger partial charge is 0.480 e. The van der Waals surface area contributed by atoms with Crippen LogP contribution in [0.4, 0.5) is 0 Å². The molecular weight excluding hydrogens is 226 g/mol. The van der Waals surface area contributed by atoms with Crippen LogP contribution in [0.1, 0.15) is 22.9 Å². The van der Waals surface area contributed by atoms with Gasteiger partial charge in [-0.15, -0.1) is 0 Å². The number of nitrogens with zero attached hydrogens (tertiary/aromatic N) is 2. The Bertz CT molecular complexity index is 511. The summed E-state index contributed by atoms with van der Waals surface area (Å²) in [6.45, 7) is 2.06. The van der Waals surface area contributed by atoms with Crippen molar-refractivity contribution in [1.82, 2.24) is 9.97 Å². The van der Waals surface area contributed by atoms with Crippen molar-refractivity contribution >= 4 is 0 Å². The normalized spacial score (nSPS) is 12.2. The number of hydrogen-bond acceptors (Lipinski definition) is 4. The Morgan fingerprint density at radius 3 is 2.50 bits per heavy atom. The van der Waals surface area contributed by atoms with E-state index in [2.05, 4.69) is 41.2 Å². The monoisotopic (exact) mass is 243 g/mol. The Balaban J connectivity index is 2.16. The molecule has 0 aliphatic rings. The molecule has 4 heteroatoms. The van der Waals surface area contributed by atoms with Crippen LogP contribution in [0.5, 0.6) is 5.88 Å². The molecule has 1 aromatic heterocycles. The SMILES string of the molecule is COc1nccnc1C(N)Cc1ccc(C)cc1. The molecule has 4 nitrogen and oxygen atoms in total. The molecular formula is C14H17N3O.